The predicted octanol–water partition coefficient (Wildman–Crippen LogP) is 3.60. The van der Waals surface area contributed by atoms with Crippen molar-refractivity contribution in [2.75, 3.05) is 18.9 Å². The first kappa shape index (κ1) is 17.4. The fourth-order valence-electron chi connectivity index (χ4n) is 2.14. The number of anilines is 1. The van der Waals surface area contributed by atoms with Gasteiger partial charge < -0.3 is 10.6 Å². The summed E-state index contributed by atoms with van der Waals surface area (Å²) >= 11 is 0. The zero-order valence-corrected chi connectivity index (χ0v) is 13.2. The van der Waals surface area contributed by atoms with E-state index >= 15 is 0 Å². The molecular weight excluding hydrogens is 269 g/mol. The third kappa shape index (κ3) is 6.56. The van der Waals surface area contributed by atoms with Gasteiger partial charge in [-0.05, 0) is 18.4 Å². The molecule has 1 aromatic rings. The summed E-state index contributed by atoms with van der Waals surface area (Å²) in [6, 6.07) is 1.21. The zero-order valence-electron chi connectivity index (χ0n) is 13.2. The lowest BCUT2D eigenvalue weighted by Crippen LogP contribution is -2.25. The molecule has 0 aliphatic rings. The average molecular weight is 295 g/mol. The molecule has 1 amide bonds. The Morgan fingerprint density at radius 3 is 2.67 bits per heavy atom. The van der Waals surface area contributed by atoms with Gasteiger partial charge in [0.05, 0.1) is 11.8 Å². The Labute approximate surface area is 126 Å². The number of rotatable bonds is 9. The first-order chi connectivity index (χ1) is 10.0. The van der Waals surface area contributed by atoms with Crippen LogP contribution in [0, 0.1) is 11.7 Å². The van der Waals surface area contributed by atoms with Crippen LogP contribution in [0.3, 0.4) is 0 Å². The van der Waals surface area contributed by atoms with Gasteiger partial charge in [-0.15, -0.1) is 0 Å². The molecule has 1 rings (SSSR count). The Morgan fingerprint density at radius 1 is 1.29 bits per heavy atom. The van der Waals surface area contributed by atoms with E-state index in [9.17, 15) is 9.18 Å². The van der Waals surface area contributed by atoms with Crippen molar-refractivity contribution in [2.45, 2.75) is 46.0 Å². The molecule has 0 spiro atoms. The first-order valence-corrected chi connectivity index (χ1v) is 7.66. The van der Waals surface area contributed by atoms with Crippen LogP contribution in [-0.4, -0.2) is 24.5 Å². The number of unbranched alkanes of at least 4 members (excludes halogenated alkanes) is 3. The van der Waals surface area contributed by atoms with Gasteiger partial charge in [0.15, 0.2) is 0 Å². The number of amides is 1. The van der Waals surface area contributed by atoms with Crippen molar-refractivity contribution in [3.8, 4) is 0 Å². The molecule has 0 aromatic carbocycles. The fourth-order valence-corrected chi connectivity index (χ4v) is 2.14. The minimum atomic E-state index is -0.507. The number of carbonyl (C=O) groups excluding carboxylic acids is 1. The van der Waals surface area contributed by atoms with E-state index in [1.54, 1.807) is 7.05 Å². The van der Waals surface area contributed by atoms with Crippen molar-refractivity contribution in [1.82, 2.24) is 10.3 Å². The first-order valence-electron chi connectivity index (χ1n) is 7.66. The van der Waals surface area contributed by atoms with E-state index in [1.165, 1.54) is 25.3 Å². The molecule has 0 aliphatic carbocycles. The summed E-state index contributed by atoms with van der Waals surface area (Å²) in [5.41, 5.74) is 0.248. The van der Waals surface area contributed by atoms with Crippen LogP contribution in [0.5, 0.6) is 0 Å². The molecule has 0 bridgehead atoms. The van der Waals surface area contributed by atoms with E-state index in [0.717, 1.165) is 25.0 Å². The lowest BCUT2D eigenvalue weighted by atomic mass is 10.0. The van der Waals surface area contributed by atoms with E-state index in [2.05, 4.69) is 29.5 Å². The number of halogens is 1. The number of hydrogen-bond donors (Lipinski definition) is 2. The topological polar surface area (TPSA) is 54.0 Å². The second-order valence-electron chi connectivity index (χ2n) is 5.65. The SMILES string of the molecule is CNc1ncc(F)cc1C(=O)NCCCCCCC(C)C. The zero-order chi connectivity index (χ0) is 15.7. The molecule has 4 nitrogen and oxygen atoms in total. The van der Waals surface area contributed by atoms with Crippen LogP contribution in [0.1, 0.15) is 56.3 Å². The summed E-state index contributed by atoms with van der Waals surface area (Å²) < 4.78 is 13.2. The molecule has 0 saturated heterocycles. The number of aromatic nitrogens is 1. The highest BCUT2D eigenvalue weighted by Gasteiger charge is 2.12. The smallest absolute Gasteiger partial charge is 0.255 e. The molecule has 1 heterocycles. The number of hydrogen-bond acceptors (Lipinski definition) is 3. The van der Waals surface area contributed by atoms with Crippen LogP contribution in [0.25, 0.3) is 0 Å². The van der Waals surface area contributed by atoms with E-state index < -0.39 is 5.82 Å². The maximum atomic E-state index is 13.2. The Hall–Kier alpha value is -1.65. The van der Waals surface area contributed by atoms with Gasteiger partial charge in [0.1, 0.15) is 11.6 Å². The summed E-state index contributed by atoms with van der Waals surface area (Å²) in [6.45, 7) is 5.07. The van der Waals surface area contributed by atoms with Crippen LogP contribution >= 0.6 is 0 Å². The van der Waals surface area contributed by atoms with Crippen LogP contribution in [0.4, 0.5) is 10.2 Å². The molecule has 0 radical (unpaired) electrons. The van der Waals surface area contributed by atoms with Gasteiger partial charge >= 0.3 is 0 Å². The van der Waals surface area contributed by atoms with Crippen LogP contribution in [-0.2, 0) is 0 Å². The van der Waals surface area contributed by atoms with Gasteiger partial charge in [-0.2, -0.15) is 0 Å². The quantitative estimate of drug-likeness (QED) is 0.684. The van der Waals surface area contributed by atoms with E-state index in [1.807, 2.05) is 0 Å². The second-order valence-corrected chi connectivity index (χ2v) is 5.65. The second kappa shape index (κ2) is 9.32. The third-order valence-electron chi connectivity index (χ3n) is 3.33. The summed E-state index contributed by atoms with van der Waals surface area (Å²) in [5, 5.41) is 5.61. The monoisotopic (exact) mass is 295 g/mol. The molecular formula is C16H26FN3O. The third-order valence-corrected chi connectivity index (χ3v) is 3.33. The molecule has 0 saturated carbocycles. The summed E-state index contributed by atoms with van der Waals surface area (Å²) in [7, 11) is 1.66. The van der Waals surface area contributed by atoms with Gasteiger partial charge in [0, 0.05) is 13.6 Å². The van der Waals surface area contributed by atoms with Crippen molar-refractivity contribution in [3.05, 3.63) is 23.6 Å². The molecule has 118 valence electrons. The Morgan fingerprint density at radius 2 is 2.00 bits per heavy atom. The summed E-state index contributed by atoms with van der Waals surface area (Å²) in [5.74, 6) is 0.359. The summed E-state index contributed by atoms with van der Waals surface area (Å²) in [6.07, 6.45) is 6.83. The van der Waals surface area contributed by atoms with Crippen molar-refractivity contribution >= 4 is 11.7 Å². The molecule has 0 atom stereocenters. The van der Waals surface area contributed by atoms with Crippen molar-refractivity contribution in [1.29, 1.82) is 0 Å². The standard InChI is InChI=1S/C16H26FN3O/c1-12(2)8-6-4-5-7-9-19-16(21)14-10-13(17)11-20-15(14)18-3/h10-12H,4-9H2,1-3H3,(H,18,20)(H,19,21). The van der Waals surface area contributed by atoms with Crippen LogP contribution < -0.4 is 10.6 Å². The highest BCUT2D eigenvalue weighted by molar-refractivity contribution is 5.98. The minimum Gasteiger partial charge on any atom is -0.372 e. The Kier molecular flexibility index (Phi) is 7.72. The predicted molar refractivity (Wildman–Crippen MR) is 84.0 cm³/mol. The Balaban J connectivity index is 2.29. The lowest BCUT2D eigenvalue weighted by molar-refractivity contribution is 0.0953. The van der Waals surface area contributed by atoms with Gasteiger partial charge in [0.25, 0.3) is 5.91 Å². The Bertz CT molecular complexity index is 449. The number of nitrogens with one attached hydrogen (secondary N) is 2. The van der Waals surface area contributed by atoms with Gasteiger partial charge in [-0.3, -0.25) is 4.79 Å². The maximum Gasteiger partial charge on any atom is 0.255 e. The highest BCUT2D eigenvalue weighted by Crippen LogP contribution is 2.13. The highest BCUT2D eigenvalue weighted by atomic mass is 19.1. The van der Waals surface area contributed by atoms with Gasteiger partial charge in [-0.25, -0.2) is 9.37 Å². The van der Waals surface area contributed by atoms with Crippen molar-refractivity contribution < 1.29 is 9.18 Å². The van der Waals surface area contributed by atoms with Crippen molar-refractivity contribution in [3.63, 3.8) is 0 Å². The van der Waals surface area contributed by atoms with Gasteiger partial charge in [0.2, 0.25) is 0 Å². The molecule has 0 aliphatic heterocycles. The molecule has 2 N–H and O–H groups in total. The molecule has 5 heteroatoms. The lowest BCUT2D eigenvalue weighted by Gasteiger charge is -2.09. The average Bonchev–Trinajstić information content (AvgIpc) is 2.45. The fraction of sp³-hybridized carbons (Fsp3) is 0.625. The minimum absolute atomic E-state index is 0.248. The number of nitrogens with zero attached hydrogens (tertiary/aromatic N) is 1. The van der Waals surface area contributed by atoms with Gasteiger partial charge in [-0.1, -0.05) is 39.5 Å². The summed E-state index contributed by atoms with van der Waals surface area (Å²) in [4.78, 5) is 15.9. The van der Waals surface area contributed by atoms with E-state index in [4.69, 9.17) is 0 Å². The normalized spacial score (nSPS) is 10.7. The number of pyridine rings is 1. The maximum absolute atomic E-state index is 13.2. The van der Waals surface area contributed by atoms with Crippen LogP contribution in [0.2, 0.25) is 0 Å². The van der Waals surface area contributed by atoms with E-state index in [-0.39, 0.29) is 11.5 Å². The number of carbonyl (C=O) groups is 1. The molecule has 0 fully saturated rings. The molecule has 21 heavy (non-hydrogen) atoms. The van der Waals surface area contributed by atoms with Crippen molar-refractivity contribution in [2.24, 2.45) is 5.92 Å². The van der Waals surface area contributed by atoms with E-state index in [0.29, 0.717) is 12.4 Å². The largest absolute Gasteiger partial charge is 0.372 e. The molecule has 1 aromatic heterocycles. The van der Waals surface area contributed by atoms with Crippen LogP contribution in [0.15, 0.2) is 12.3 Å². The molecule has 0 unspecified atom stereocenters.